The summed E-state index contributed by atoms with van der Waals surface area (Å²) in [5.41, 5.74) is 1.30. The van der Waals surface area contributed by atoms with E-state index in [1.54, 1.807) is 0 Å². The fraction of sp³-hybridized carbons (Fsp3) is 0.158. The topological polar surface area (TPSA) is 141 Å². The number of nitrogens with zero attached hydrogens (tertiary/aromatic N) is 4. The number of rotatable bonds is 8. The summed E-state index contributed by atoms with van der Waals surface area (Å²) < 4.78 is 68.1. The largest absolute Gasteiger partial charge is 0.478 e. The van der Waals surface area contributed by atoms with Crippen molar-refractivity contribution in [3.05, 3.63) is 41.9 Å². The van der Waals surface area contributed by atoms with Crippen molar-refractivity contribution in [1.82, 2.24) is 24.9 Å². The Bertz CT molecular complexity index is 1430. The van der Waals surface area contributed by atoms with E-state index in [1.807, 2.05) is 0 Å². The normalized spacial score (nSPS) is 11.6. The number of fused-ring (bicyclic) bond motifs is 1. The van der Waals surface area contributed by atoms with E-state index in [0.717, 1.165) is 14.2 Å². The maximum absolute atomic E-state index is 13.2. The van der Waals surface area contributed by atoms with Crippen LogP contribution in [0.3, 0.4) is 0 Å². The minimum absolute atomic E-state index is 0.154. The highest BCUT2D eigenvalue weighted by molar-refractivity contribution is 7.93. The fourth-order valence-corrected chi connectivity index (χ4v) is 4.52. The van der Waals surface area contributed by atoms with Crippen LogP contribution in [0.15, 0.2) is 41.8 Å². The summed E-state index contributed by atoms with van der Waals surface area (Å²) in [4.78, 5) is 18.6. The Morgan fingerprint density at radius 3 is 2.41 bits per heavy atom. The van der Waals surface area contributed by atoms with Crippen LogP contribution >= 0.6 is 11.6 Å². The highest BCUT2D eigenvalue weighted by Crippen LogP contribution is 2.38. The predicted octanol–water partition coefficient (Wildman–Crippen LogP) is 3.49. The molecule has 0 unspecified atom stereocenters. The quantitative estimate of drug-likeness (QED) is 0.363. The zero-order chi connectivity index (χ0) is 24.5. The predicted molar refractivity (Wildman–Crippen MR) is 117 cm³/mol. The number of methoxy groups -OCH3 is 2. The average molecular weight is 513 g/mol. The zero-order valence-corrected chi connectivity index (χ0v) is 19.0. The molecule has 2 N–H and O–H groups in total. The number of halogens is 3. The number of aromatic amines is 1. The zero-order valence-electron chi connectivity index (χ0n) is 17.4. The van der Waals surface area contributed by atoms with Gasteiger partial charge in [-0.1, -0.05) is 11.6 Å². The van der Waals surface area contributed by atoms with Gasteiger partial charge in [0.25, 0.3) is 21.8 Å². The molecule has 178 valence electrons. The summed E-state index contributed by atoms with van der Waals surface area (Å²) in [7, 11) is -2.01. The molecule has 0 aliphatic heterocycles. The van der Waals surface area contributed by atoms with Gasteiger partial charge >= 0.3 is 6.61 Å². The molecule has 0 saturated heterocycles. The van der Waals surface area contributed by atoms with Crippen LogP contribution in [0.25, 0.3) is 22.2 Å². The van der Waals surface area contributed by atoms with Crippen molar-refractivity contribution in [2.45, 2.75) is 11.5 Å². The summed E-state index contributed by atoms with van der Waals surface area (Å²) in [5, 5.41) is 0.633. The van der Waals surface area contributed by atoms with Gasteiger partial charge < -0.3 is 19.2 Å². The van der Waals surface area contributed by atoms with Crippen molar-refractivity contribution in [3.8, 4) is 28.8 Å². The van der Waals surface area contributed by atoms with Gasteiger partial charge in [-0.2, -0.15) is 18.7 Å². The van der Waals surface area contributed by atoms with Gasteiger partial charge in [0.1, 0.15) is 4.90 Å². The Hall–Kier alpha value is -3.78. The van der Waals surface area contributed by atoms with Crippen LogP contribution in [-0.2, 0) is 10.0 Å². The SMILES string of the molecule is COc1nc(NS(=O)(=O)c2c[nH]c3c(-c4cnccn4)c(Cl)ccc23)nc(OC)c1OC(F)F. The number of anilines is 1. The molecule has 4 rings (SSSR count). The highest BCUT2D eigenvalue weighted by atomic mass is 35.5. The lowest BCUT2D eigenvalue weighted by Crippen LogP contribution is -2.16. The van der Waals surface area contributed by atoms with Crippen LogP contribution in [0.2, 0.25) is 5.02 Å². The van der Waals surface area contributed by atoms with E-state index in [4.69, 9.17) is 21.1 Å². The number of aromatic nitrogens is 5. The number of sulfonamides is 1. The summed E-state index contributed by atoms with van der Waals surface area (Å²) in [5.74, 6) is -1.99. The maximum Gasteiger partial charge on any atom is 0.387 e. The Balaban J connectivity index is 1.77. The molecule has 0 amide bonds. The van der Waals surface area contributed by atoms with Gasteiger partial charge in [-0.3, -0.25) is 9.97 Å². The second kappa shape index (κ2) is 9.23. The molecular weight excluding hydrogens is 498 g/mol. The third kappa shape index (κ3) is 4.36. The Morgan fingerprint density at radius 1 is 1.12 bits per heavy atom. The molecule has 0 saturated carbocycles. The lowest BCUT2D eigenvalue weighted by molar-refractivity contribution is -0.0533. The van der Waals surface area contributed by atoms with E-state index < -0.39 is 40.1 Å². The van der Waals surface area contributed by atoms with Crippen LogP contribution in [0.5, 0.6) is 17.5 Å². The molecule has 11 nitrogen and oxygen atoms in total. The van der Waals surface area contributed by atoms with Gasteiger partial charge in [-0.15, -0.1) is 0 Å². The van der Waals surface area contributed by atoms with Crippen LogP contribution in [0, 0.1) is 0 Å². The molecule has 0 atom stereocenters. The highest BCUT2D eigenvalue weighted by Gasteiger charge is 2.26. The Labute approximate surface area is 196 Å². The first-order valence-electron chi connectivity index (χ1n) is 9.28. The van der Waals surface area contributed by atoms with Crippen molar-refractivity contribution >= 4 is 38.5 Å². The van der Waals surface area contributed by atoms with Crippen molar-refractivity contribution in [1.29, 1.82) is 0 Å². The van der Waals surface area contributed by atoms with Crippen molar-refractivity contribution in [2.24, 2.45) is 0 Å². The van der Waals surface area contributed by atoms with E-state index in [2.05, 4.69) is 34.4 Å². The number of nitrogens with one attached hydrogen (secondary N) is 2. The minimum atomic E-state index is -4.28. The van der Waals surface area contributed by atoms with Gasteiger partial charge in [0.15, 0.2) is 0 Å². The number of benzene rings is 1. The van der Waals surface area contributed by atoms with Crippen molar-refractivity contribution in [2.75, 3.05) is 18.9 Å². The Morgan fingerprint density at radius 2 is 1.82 bits per heavy atom. The third-order valence-electron chi connectivity index (χ3n) is 4.50. The first-order chi connectivity index (χ1) is 16.2. The molecule has 3 heterocycles. The molecule has 0 fully saturated rings. The summed E-state index contributed by atoms with van der Waals surface area (Å²) in [6.45, 7) is -3.21. The van der Waals surface area contributed by atoms with Crippen LogP contribution < -0.4 is 18.9 Å². The monoisotopic (exact) mass is 512 g/mol. The first kappa shape index (κ1) is 23.4. The Kier molecular flexibility index (Phi) is 6.34. The van der Waals surface area contributed by atoms with Crippen LogP contribution in [0.1, 0.15) is 0 Å². The summed E-state index contributed by atoms with van der Waals surface area (Å²) in [6.07, 6.45) is 5.72. The molecule has 0 bridgehead atoms. The van der Waals surface area contributed by atoms with Crippen molar-refractivity contribution in [3.63, 3.8) is 0 Å². The summed E-state index contributed by atoms with van der Waals surface area (Å²) in [6, 6.07) is 3.05. The molecule has 0 aliphatic carbocycles. The lowest BCUT2D eigenvalue weighted by atomic mass is 10.1. The third-order valence-corrected chi connectivity index (χ3v) is 6.18. The molecule has 3 aromatic heterocycles. The average Bonchev–Trinajstić information content (AvgIpc) is 3.24. The summed E-state index contributed by atoms with van der Waals surface area (Å²) >= 11 is 6.34. The second-order valence-corrected chi connectivity index (χ2v) is 8.53. The number of hydrogen-bond donors (Lipinski definition) is 2. The molecule has 0 radical (unpaired) electrons. The molecule has 34 heavy (non-hydrogen) atoms. The van der Waals surface area contributed by atoms with Gasteiger partial charge in [0.2, 0.25) is 11.7 Å². The van der Waals surface area contributed by atoms with Crippen molar-refractivity contribution < 1.29 is 31.4 Å². The standard InChI is InChI=1S/C19H15ClF2N6O5S/c1-31-16-15(33-18(21)22)17(32-2)27-19(26-16)28-34(29,30)12-8-25-14-9(12)3-4-10(20)13(14)11-7-23-5-6-24-11/h3-8,18,25H,1-2H3,(H,26,27,28). The first-order valence-corrected chi connectivity index (χ1v) is 11.1. The van der Waals surface area contributed by atoms with E-state index in [-0.39, 0.29) is 4.90 Å². The van der Waals surface area contributed by atoms with E-state index in [0.29, 0.717) is 27.2 Å². The molecule has 0 aliphatic rings. The van der Waals surface area contributed by atoms with Crippen LogP contribution in [-0.4, -0.2) is 54.2 Å². The van der Waals surface area contributed by atoms with Gasteiger partial charge in [-0.05, 0) is 12.1 Å². The fourth-order valence-electron chi connectivity index (χ4n) is 3.15. The minimum Gasteiger partial charge on any atom is -0.478 e. The van der Waals surface area contributed by atoms with E-state index in [1.165, 1.54) is 36.9 Å². The van der Waals surface area contributed by atoms with Gasteiger partial charge in [0.05, 0.1) is 36.6 Å². The van der Waals surface area contributed by atoms with E-state index in [9.17, 15) is 17.2 Å². The molecule has 1 aromatic carbocycles. The maximum atomic E-state index is 13.2. The van der Waals surface area contributed by atoms with Gasteiger partial charge in [-0.25, -0.2) is 13.1 Å². The second-order valence-electron chi connectivity index (χ2n) is 6.47. The molecule has 4 aromatic rings. The van der Waals surface area contributed by atoms with Gasteiger partial charge in [0, 0.05) is 29.5 Å². The van der Waals surface area contributed by atoms with Crippen LogP contribution in [0.4, 0.5) is 14.7 Å². The number of hydrogen-bond acceptors (Lipinski definition) is 9. The lowest BCUT2D eigenvalue weighted by Gasteiger charge is -2.14. The number of ether oxygens (including phenoxy) is 3. The van der Waals surface area contributed by atoms with E-state index >= 15 is 0 Å². The number of alkyl halides is 2. The molecule has 0 spiro atoms. The number of H-pyrrole nitrogens is 1. The molecule has 15 heteroatoms. The molecular formula is C19H15ClF2N6O5S. The smallest absolute Gasteiger partial charge is 0.387 e.